The number of hydrogen-bond acceptors (Lipinski definition) is 3. The fourth-order valence-corrected chi connectivity index (χ4v) is 1.81. The second-order valence-corrected chi connectivity index (χ2v) is 4.65. The van der Waals surface area contributed by atoms with Crippen LogP contribution in [0.15, 0.2) is 29.3 Å². The molecule has 0 aliphatic heterocycles. The highest BCUT2D eigenvalue weighted by Crippen LogP contribution is 2.22. The third-order valence-electron chi connectivity index (χ3n) is 2.69. The van der Waals surface area contributed by atoms with Crippen molar-refractivity contribution in [1.29, 1.82) is 0 Å². The van der Waals surface area contributed by atoms with Gasteiger partial charge in [0.25, 0.3) is 5.91 Å². The summed E-state index contributed by atoms with van der Waals surface area (Å²) in [5.74, 6) is -0.114. The van der Waals surface area contributed by atoms with Crippen molar-refractivity contribution in [2.75, 3.05) is 5.32 Å². The topological polar surface area (TPSA) is 79.8 Å². The monoisotopic (exact) mass is 260 g/mol. The molecule has 0 aromatic carbocycles. The van der Waals surface area contributed by atoms with E-state index in [0.29, 0.717) is 11.3 Å². The van der Waals surface area contributed by atoms with E-state index in [0.717, 1.165) is 5.69 Å². The third kappa shape index (κ3) is 2.90. The summed E-state index contributed by atoms with van der Waals surface area (Å²) in [7, 11) is 1.80. The van der Waals surface area contributed by atoms with Gasteiger partial charge in [-0.1, -0.05) is 13.8 Å². The summed E-state index contributed by atoms with van der Waals surface area (Å²) >= 11 is 0. The smallest absolute Gasteiger partial charge is 0.256 e. The maximum atomic E-state index is 12.0. The molecule has 19 heavy (non-hydrogen) atoms. The molecule has 2 rings (SSSR count). The first-order chi connectivity index (χ1) is 8.97. The quantitative estimate of drug-likeness (QED) is 0.877. The maximum Gasteiger partial charge on any atom is 0.256 e. The Balaban J connectivity index is 2.26. The summed E-state index contributed by atoms with van der Waals surface area (Å²) in [4.78, 5) is 25.7. The van der Waals surface area contributed by atoms with Crippen LogP contribution in [0.25, 0.3) is 0 Å². The van der Waals surface area contributed by atoms with Crippen LogP contribution in [-0.4, -0.2) is 20.7 Å². The lowest BCUT2D eigenvalue weighted by Crippen LogP contribution is -2.16. The van der Waals surface area contributed by atoms with Gasteiger partial charge in [0.05, 0.1) is 11.4 Å². The maximum absolute atomic E-state index is 12.0. The number of H-pyrrole nitrogens is 1. The molecule has 1 amide bonds. The molecule has 0 atom stereocenters. The van der Waals surface area contributed by atoms with E-state index in [4.69, 9.17) is 0 Å². The van der Waals surface area contributed by atoms with Gasteiger partial charge < -0.3 is 10.3 Å². The Morgan fingerprint density at radius 3 is 2.84 bits per heavy atom. The van der Waals surface area contributed by atoms with E-state index in [1.807, 2.05) is 13.8 Å². The molecule has 0 bridgehead atoms. The molecule has 0 aliphatic rings. The normalized spacial score (nSPS) is 10.7. The zero-order valence-electron chi connectivity index (χ0n) is 11.1. The van der Waals surface area contributed by atoms with E-state index < -0.39 is 0 Å². The molecule has 2 aromatic heterocycles. The number of aromatic amines is 1. The van der Waals surface area contributed by atoms with E-state index in [2.05, 4.69) is 15.4 Å². The number of nitrogens with one attached hydrogen (secondary N) is 2. The number of hydrogen-bond donors (Lipinski definition) is 2. The van der Waals surface area contributed by atoms with E-state index in [9.17, 15) is 9.59 Å². The van der Waals surface area contributed by atoms with Crippen molar-refractivity contribution in [1.82, 2.24) is 14.8 Å². The Morgan fingerprint density at radius 2 is 2.21 bits per heavy atom. The fraction of sp³-hybridized carbons (Fsp3) is 0.308. The molecule has 0 fully saturated rings. The molecule has 2 heterocycles. The second-order valence-electron chi connectivity index (χ2n) is 4.65. The van der Waals surface area contributed by atoms with Crippen LogP contribution in [0.1, 0.15) is 35.8 Å². The van der Waals surface area contributed by atoms with Crippen molar-refractivity contribution >= 4 is 11.6 Å². The van der Waals surface area contributed by atoms with Gasteiger partial charge in [-0.2, -0.15) is 5.10 Å². The minimum Gasteiger partial charge on any atom is -0.329 e. The predicted octanol–water partition coefficient (Wildman–Crippen LogP) is 1.48. The molecule has 0 saturated carbocycles. The highest BCUT2D eigenvalue weighted by Gasteiger charge is 2.14. The Bertz CT molecular complexity index is 655. The number of carbonyl (C=O) groups excluding carboxylic acids is 1. The number of carbonyl (C=O) groups is 1. The molecule has 0 aliphatic carbocycles. The van der Waals surface area contributed by atoms with Crippen LogP contribution in [0.3, 0.4) is 0 Å². The van der Waals surface area contributed by atoms with Gasteiger partial charge in [0.2, 0.25) is 5.56 Å². The van der Waals surface area contributed by atoms with Crippen LogP contribution >= 0.6 is 0 Å². The minimum atomic E-state index is -0.319. The highest BCUT2D eigenvalue weighted by atomic mass is 16.2. The number of nitrogens with zero attached hydrogens (tertiary/aromatic N) is 2. The van der Waals surface area contributed by atoms with E-state index in [1.54, 1.807) is 24.0 Å². The van der Waals surface area contributed by atoms with Crippen molar-refractivity contribution in [3.63, 3.8) is 0 Å². The van der Waals surface area contributed by atoms with Crippen molar-refractivity contribution in [2.24, 2.45) is 7.05 Å². The summed E-state index contributed by atoms with van der Waals surface area (Å²) in [6, 6.07) is 2.82. The third-order valence-corrected chi connectivity index (χ3v) is 2.69. The largest absolute Gasteiger partial charge is 0.329 e. The molecule has 0 radical (unpaired) electrons. The molecule has 2 aromatic rings. The van der Waals surface area contributed by atoms with Crippen LogP contribution in [0.2, 0.25) is 0 Å². The van der Waals surface area contributed by atoms with Gasteiger partial charge in [-0.15, -0.1) is 0 Å². The molecular formula is C13H16N4O2. The first-order valence-electron chi connectivity index (χ1n) is 6.01. The van der Waals surface area contributed by atoms with Gasteiger partial charge in [0.1, 0.15) is 0 Å². The zero-order valence-corrected chi connectivity index (χ0v) is 11.1. The average molecular weight is 260 g/mol. The van der Waals surface area contributed by atoms with Crippen LogP contribution in [-0.2, 0) is 7.05 Å². The second kappa shape index (κ2) is 5.09. The Kier molecular flexibility index (Phi) is 3.50. The van der Waals surface area contributed by atoms with Gasteiger partial charge in [0, 0.05) is 31.1 Å². The van der Waals surface area contributed by atoms with Gasteiger partial charge in [-0.05, 0) is 12.0 Å². The van der Waals surface area contributed by atoms with Crippen molar-refractivity contribution in [3.05, 3.63) is 46.1 Å². The fourth-order valence-electron chi connectivity index (χ4n) is 1.81. The molecule has 6 nitrogen and oxygen atoms in total. The van der Waals surface area contributed by atoms with Crippen molar-refractivity contribution < 1.29 is 4.79 Å². The molecule has 0 unspecified atom stereocenters. The Morgan fingerprint density at radius 1 is 1.47 bits per heavy atom. The van der Waals surface area contributed by atoms with Crippen molar-refractivity contribution in [2.45, 2.75) is 19.8 Å². The van der Waals surface area contributed by atoms with Gasteiger partial charge in [-0.3, -0.25) is 14.3 Å². The zero-order chi connectivity index (χ0) is 14.0. The average Bonchev–Trinajstić information content (AvgIpc) is 2.70. The van der Waals surface area contributed by atoms with Crippen LogP contribution in [0.4, 0.5) is 5.69 Å². The molecule has 0 spiro atoms. The van der Waals surface area contributed by atoms with Crippen LogP contribution in [0.5, 0.6) is 0 Å². The number of anilines is 1. The number of aryl methyl sites for hydroxylation is 1. The molecule has 2 N–H and O–H groups in total. The molecular weight excluding hydrogens is 244 g/mol. The van der Waals surface area contributed by atoms with Crippen LogP contribution < -0.4 is 10.9 Å². The number of amides is 1. The van der Waals surface area contributed by atoms with Gasteiger partial charge in [-0.25, -0.2) is 0 Å². The lowest BCUT2D eigenvalue weighted by Gasteiger charge is -2.06. The number of pyridine rings is 1. The van der Waals surface area contributed by atoms with E-state index in [1.165, 1.54) is 12.3 Å². The first kappa shape index (κ1) is 13.1. The number of aromatic nitrogens is 3. The first-order valence-corrected chi connectivity index (χ1v) is 6.01. The molecule has 6 heteroatoms. The predicted molar refractivity (Wildman–Crippen MR) is 72.3 cm³/mol. The Hall–Kier alpha value is -2.37. The van der Waals surface area contributed by atoms with Crippen LogP contribution in [0, 0.1) is 0 Å². The standard InChI is InChI=1S/C13H16N4O2/c1-8(2)12-10(7-17(3)16-12)15-13(19)9-4-5-14-11(18)6-9/h4-8H,1-3H3,(H,14,18)(H,15,19). The SMILES string of the molecule is CC(C)c1nn(C)cc1NC(=O)c1cc[nH]c(=O)c1. The van der Waals surface area contributed by atoms with Gasteiger partial charge >= 0.3 is 0 Å². The van der Waals surface area contributed by atoms with Crippen molar-refractivity contribution in [3.8, 4) is 0 Å². The molecule has 0 saturated heterocycles. The lowest BCUT2D eigenvalue weighted by atomic mass is 10.1. The minimum absolute atomic E-state index is 0.204. The summed E-state index contributed by atoms with van der Waals surface area (Å²) < 4.78 is 1.66. The van der Waals surface area contributed by atoms with Gasteiger partial charge in [0.15, 0.2) is 0 Å². The van der Waals surface area contributed by atoms with E-state index in [-0.39, 0.29) is 17.4 Å². The highest BCUT2D eigenvalue weighted by molar-refractivity contribution is 6.04. The Labute approximate surface area is 110 Å². The summed E-state index contributed by atoms with van der Waals surface area (Å²) in [6.07, 6.45) is 3.20. The summed E-state index contributed by atoms with van der Waals surface area (Å²) in [5.41, 5.74) is 1.51. The van der Waals surface area contributed by atoms with E-state index >= 15 is 0 Å². The summed E-state index contributed by atoms with van der Waals surface area (Å²) in [6.45, 7) is 4.01. The number of rotatable bonds is 3. The summed E-state index contributed by atoms with van der Waals surface area (Å²) in [5, 5.41) is 7.09. The molecule has 100 valence electrons. The lowest BCUT2D eigenvalue weighted by molar-refractivity contribution is 0.102.